The third-order valence-corrected chi connectivity index (χ3v) is 2.52. The summed E-state index contributed by atoms with van der Waals surface area (Å²) in [6, 6.07) is 13.6. The van der Waals surface area contributed by atoms with E-state index in [9.17, 15) is 5.11 Å². The van der Waals surface area contributed by atoms with Crippen molar-refractivity contribution in [3.05, 3.63) is 42.5 Å². The fourth-order valence-electron chi connectivity index (χ4n) is 1.86. The van der Waals surface area contributed by atoms with E-state index in [1.54, 1.807) is 6.07 Å². The Kier molecular flexibility index (Phi) is 3.19. The molecule has 0 bridgehead atoms. The zero-order valence-electron chi connectivity index (χ0n) is 9.84. The van der Waals surface area contributed by atoms with E-state index >= 15 is 0 Å². The normalized spacial score (nSPS) is 10.1. The molecule has 0 aliphatic heterocycles. The van der Waals surface area contributed by atoms with Crippen LogP contribution in [0.2, 0.25) is 0 Å². The Morgan fingerprint density at radius 1 is 1.06 bits per heavy atom. The molecule has 0 fully saturated rings. The van der Waals surface area contributed by atoms with Gasteiger partial charge in [-0.2, -0.15) is 0 Å². The number of benzene rings is 2. The van der Waals surface area contributed by atoms with E-state index in [0.29, 0.717) is 5.75 Å². The number of carboxylic acids is 1. The second kappa shape index (κ2) is 4.79. The Hall–Kier alpha value is -2.49. The highest BCUT2D eigenvalue weighted by Gasteiger charge is 2.05. The molecule has 4 nitrogen and oxygen atoms in total. The zero-order valence-corrected chi connectivity index (χ0v) is 9.84. The van der Waals surface area contributed by atoms with Crippen molar-refractivity contribution in [2.45, 2.75) is 6.92 Å². The lowest BCUT2D eigenvalue weighted by Crippen LogP contribution is -1.78. The summed E-state index contributed by atoms with van der Waals surface area (Å²) in [5, 5.41) is 19.3. The van der Waals surface area contributed by atoms with Crippen LogP contribution in [0.5, 0.6) is 5.75 Å². The highest BCUT2D eigenvalue weighted by Crippen LogP contribution is 2.30. The molecule has 3 N–H and O–H groups in total. The number of aromatic hydroxyl groups is 1. The summed E-state index contributed by atoms with van der Waals surface area (Å²) < 4.78 is 0. The van der Waals surface area contributed by atoms with Crippen molar-refractivity contribution in [1.82, 2.24) is 4.98 Å². The molecular weight excluding hydrogens is 230 g/mol. The number of nitrogens with one attached hydrogen (secondary N) is 1. The van der Waals surface area contributed by atoms with E-state index in [4.69, 9.17) is 9.90 Å². The van der Waals surface area contributed by atoms with E-state index in [-0.39, 0.29) is 0 Å². The number of hydrogen-bond donors (Lipinski definition) is 3. The highest BCUT2D eigenvalue weighted by atomic mass is 16.4. The van der Waals surface area contributed by atoms with Gasteiger partial charge in [-0.15, -0.1) is 0 Å². The first-order valence-electron chi connectivity index (χ1n) is 5.47. The molecule has 0 spiro atoms. The number of H-pyrrole nitrogens is 1. The standard InChI is InChI=1S/C12H9NO.C2H4O2/c14-11-7-3-5-9-8-4-1-2-6-10(8)13-12(9)11;1-2(3)4/h1-7,13-14H;1H3,(H,3,4). The van der Waals surface area contributed by atoms with E-state index in [1.807, 2.05) is 36.4 Å². The summed E-state index contributed by atoms with van der Waals surface area (Å²) in [5.41, 5.74) is 1.87. The van der Waals surface area contributed by atoms with Crippen LogP contribution in [0, 0.1) is 0 Å². The molecule has 92 valence electrons. The third kappa shape index (κ3) is 2.27. The lowest BCUT2D eigenvalue weighted by atomic mass is 10.1. The van der Waals surface area contributed by atoms with Gasteiger partial charge in [0.05, 0.1) is 5.52 Å². The molecule has 0 amide bonds. The van der Waals surface area contributed by atoms with Crippen molar-refractivity contribution in [2.75, 3.05) is 0 Å². The molecule has 0 saturated heterocycles. The van der Waals surface area contributed by atoms with Gasteiger partial charge in [0.2, 0.25) is 0 Å². The van der Waals surface area contributed by atoms with E-state index in [2.05, 4.69) is 4.98 Å². The molecule has 3 aromatic rings. The number of aromatic amines is 1. The number of rotatable bonds is 0. The summed E-state index contributed by atoms with van der Waals surface area (Å²) in [5.74, 6) is -0.529. The van der Waals surface area contributed by atoms with Crippen molar-refractivity contribution < 1.29 is 15.0 Å². The molecule has 0 unspecified atom stereocenters. The maximum atomic E-state index is 9.64. The number of aliphatic carboxylic acids is 1. The van der Waals surface area contributed by atoms with Crippen LogP contribution in [0.1, 0.15) is 6.92 Å². The van der Waals surface area contributed by atoms with Crippen molar-refractivity contribution in [3.63, 3.8) is 0 Å². The lowest BCUT2D eigenvalue weighted by molar-refractivity contribution is -0.134. The van der Waals surface area contributed by atoms with Crippen LogP contribution < -0.4 is 0 Å². The molecule has 0 saturated carbocycles. The maximum absolute atomic E-state index is 9.64. The first-order valence-corrected chi connectivity index (χ1v) is 5.47. The Balaban J connectivity index is 0.000000267. The molecule has 2 aromatic carbocycles. The number of carboxylic acid groups (broad SMARTS) is 1. The summed E-state index contributed by atoms with van der Waals surface area (Å²) in [6.07, 6.45) is 0. The quantitative estimate of drug-likeness (QED) is 0.568. The molecule has 0 atom stereocenters. The van der Waals surface area contributed by atoms with Crippen LogP contribution >= 0.6 is 0 Å². The van der Waals surface area contributed by atoms with Crippen molar-refractivity contribution in [2.24, 2.45) is 0 Å². The average Bonchev–Trinajstić information content (AvgIpc) is 2.69. The Labute approximate surface area is 103 Å². The third-order valence-electron chi connectivity index (χ3n) is 2.52. The van der Waals surface area contributed by atoms with Crippen molar-refractivity contribution in [3.8, 4) is 5.75 Å². The van der Waals surface area contributed by atoms with Crippen LogP contribution in [0.15, 0.2) is 42.5 Å². The fraction of sp³-hybridized carbons (Fsp3) is 0.0714. The van der Waals surface area contributed by atoms with Crippen LogP contribution in [-0.2, 0) is 4.79 Å². The molecule has 4 heteroatoms. The van der Waals surface area contributed by atoms with Crippen LogP contribution in [0.25, 0.3) is 21.8 Å². The first-order chi connectivity index (χ1) is 8.59. The monoisotopic (exact) mass is 243 g/mol. The molecule has 1 heterocycles. The number of fused-ring (bicyclic) bond motifs is 3. The Bertz CT molecular complexity index is 696. The Morgan fingerprint density at radius 3 is 2.39 bits per heavy atom. The second-order valence-electron chi connectivity index (χ2n) is 3.89. The topological polar surface area (TPSA) is 73.3 Å². The lowest BCUT2D eigenvalue weighted by Gasteiger charge is -1.92. The smallest absolute Gasteiger partial charge is 0.300 e. The van der Waals surface area contributed by atoms with Crippen LogP contribution in [0.4, 0.5) is 0 Å². The van der Waals surface area contributed by atoms with Crippen molar-refractivity contribution >= 4 is 27.8 Å². The summed E-state index contributed by atoms with van der Waals surface area (Å²) >= 11 is 0. The first kappa shape index (κ1) is 12.0. The van der Waals surface area contributed by atoms with Gasteiger partial charge >= 0.3 is 0 Å². The van der Waals surface area contributed by atoms with Gasteiger partial charge in [-0.05, 0) is 12.1 Å². The molecule has 0 aliphatic rings. The molecule has 3 rings (SSSR count). The maximum Gasteiger partial charge on any atom is 0.300 e. The summed E-state index contributed by atoms with van der Waals surface area (Å²) in [4.78, 5) is 12.2. The summed E-state index contributed by atoms with van der Waals surface area (Å²) in [6.45, 7) is 1.08. The molecular formula is C14H13NO3. The molecule has 1 aromatic heterocycles. The molecule has 0 radical (unpaired) electrons. The van der Waals surface area contributed by atoms with Gasteiger partial charge in [0, 0.05) is 23.2 Å². The van der Waals surface area contributed by atoms with Crippen LogP contribution in [0.3, 0.4) is 0 Å². The zero-order chi connectivity index (χ0) is 13.1. The molecule has 18 heavy (non-hydrogen) atoms. The van der Waals surface area contributed by atoms with Gasteiger partial charge in [0.25, 0.3) is 5.97 Å². The molecule has 0 aliphatic carbocycles. The number of carbonyl (C=O) groups is 1. The van der Waals surface area contributed by atoms with Gasteiger partial charge < -0.3 is 15.2 Å². The number of aromatic nitrogens is 1. The van der Waals surface area contributed by atoms with Gasteiger partial charge in [-0.1, -0.05) is 30.3 Å². The summed E-state index contributed by atoms with van der Waals surface area (Å²) in [7, 11) is 0. The van der Waals surface area contributed by atoms with E-state index in [1.165, 1.54) is 0 Å². The number of para-hydroxylation sites is 2. The SMILES string of the molecule is CC(=O)O.Oc1cccc2c1[nH]c1ccccc12. The second-order valence-corrected chi connectivity index (χ2v) is 3.89. The van der Waals surface area contributed by atoms with Crippen LogP contribution in [-0.4, -0.2) is 21.2 Å². The van der Waals surface area contributed by atoms with Gasteiger partial charge in [0.1, 0.15) is 5.75 Å². The largest absolute Gasteiger partial charge is 0.506 e. The van der Waals surface area contributed by atoms with E-state index in [0.717, 1.165) is 28.7 Å². The Morgan fingerprint density at radius 2 is 1.67 bits per heavy atom. The van der Waals surface area contributed by atoms with Crippen molar-refractivity contribution in [1.29, 1.82) is 0 Å². The highest BCUT2D eigenvalue weighted by molar-refractivity contribution is 6.08. The minimum absolute atomic E-state index is 0.304. The van der Waals surface area contributed by atoms with Gasteiger partial charge in [-0.3, -0.25) is 4.79 Å². The predicted molar refractivity (Wildman–Crippen MR) is 70.8 cm³/mol. The fourth-order valence-corrected chi connectivity index (χ4v) is 1.86. The number of phenols is 1. The minimum atomic E-state index is -0.833. The minimum Gasteiger partial charge on any atom is -0.506 e. The average molecular weight is 243 g/mol. The van der Waals surface area contributed by atoms with Gasteiger partial charge in [0.15, 0.2) is 0 Å². The predicted octanol–water partition coefficient (Wildman–Crippen LogP) is 3.12. The number of hydrogen-bond acceptors (Lipinski definition) is 2. The number of phenolic OH excluding ortho intramolecular Hbond substituents is 1. The van der Waals surface area contributed by atoms with Gasteiger partial charge in [-0.25, -0.2) is 0 Å². The van der Waals surface area contributed by atoms with E-state index < -0.39 is 5.97 Å².